The Bertz CT molecular complexity index is 462. The number of para-hydroxylation sites is 1. The lowest BCUT2D eigenvalue weighted by atomic mass is 10.1. The molecule has 0 aliphatic heterocycles. The summed E-state index contributed by atoms with van der Waals surface area (Å²) in [4.78, 5) is 12.1. The second-order valence-electron chi connectivity index (χ2n) is 4.96. The first-order valence-corrected chi connectivity index (χ1v) is 6.50. The van der Waals surface area contributed by atoms with E-state index in [1.165, 1.54) is 7.11 Å². The van der Waals surface area contributed by atoms with Crippen LogP contribution < -0.4 is 15.8 Å². The van der Waals surface area contributed by atoms with Crippen molar-refractivity contribution in [2.24, 2.45) is 5.92 Å². The maximum absolute atomic E-state index is 12.1. The third kappa shape index (κ3) is 3.17. The highest BCUT2D eigenvalue weighted by Gasteiger charge is 2.23. The molecule has 5 nitrogen and oxygen atoms in total. The Morgan fingerprint density at radius 2 is 2.32 bits per heavy atom. The maximum Gasteiger partial charge on any atom is 0.253 e. The molecule has 19 heavy (non-hydrogen) atoms. The molecule has 1 saturated carbocycles. The number of amides is 1. The zero-order valence-corrected chi connectivity index (χ0v) is 11.1. The zero-order valence-electron chi connectivity index (χ0n) is 11.1. The molecule has 1 aromatic carbocycles. The molecule has 1 aliphatic rings. The molecule has 0 spiro atoms. The number of carbonyl (C=O) groups excluding carboxylic acids is 1. The normalized spacial score (nSPS) is 22.2. The second-order valence-corrected chi connectivity index (χ2v) is 4.96. The number of aliphatic hydroxyl groups excluding tert-OH is 1. The number of ether oxygens (including phenoxy) is 1. The predicted molar refractivity (Wildman–Crippen MR) is 73.1 cm³/mol. The fourth-order valence-electron chi connectivity index (χ4n) is 2.49. The van der Waals surface area contributed by atoms with Gasteiger partial charge in [-0.25, -0.2) is 0 Å². The first kappa shape index (κ1) is 13.7. The van der Waals surface area contributed by atoms with Crippen LogP contribution in [0.2, 0.25) is 0 Å². The molecule has 5 heteroatoms. The van der Waals surface area contributed by atoms with Gasteiger partial charge in [-0.1, -0.05) is 6.07 Å². The molecule has 2 atom stereocenters. The summed E-state index contributed by atoms with van der Waals surface area (Å²) < 4.78 is 5.09. The number of nitrogen functional groups attached to an aromatic ring is 1. The van der Waals surface area contributed by atoms with E-state index in [9.17, 15) is 9.90 Å². The van der Waals surface area contributed by atoms with Crippen LogP contribution in [0.15, 0.2) is 18.2 Å². The number of methoxy groups -OCH3 is 1. The number of carbonyl (C=O) groups is 1. The van der Waals surface area contributed by atoms with E-state index in [0.717, 1.165) is 19.3 Å². The van der Waals surface area contributed by atoms with Crippen molar-refractivity contribution in [2.75, 3.05) is 19.4 Å². The molecule has 0 bridgehead atoms. The number of anilines is 1. The molecule has 1 fully saturated rings. The van der Waals surface area contributed by atoms with Gasteiger partial charge in [0, 0.05) is 6.54 Å². The van der Waals surface area contributed by atoms with Crippen molar-refractivity contribution in [3.63, 3.8) is 0 Å². The molecule has 0 radical (unpaired) electrons. The van der Waals surface area contributed by atoms with Crippen LogP contribution in [0.1, 0.15) is 29.6 Å². The standard InChI is InChI=1S/C14H20N2O3/c1-19-12-4-2-3-11(13(12)15)14(18)16-8-9-5-6-10(17)7-9/h2-4,9-10,17H,5-8,15H2,1H3,(H,16,18). The first-order valence-electron chi connectivity index (χ1n) is 6.50. The van der Waals surface area contributed by atoms with Crippen LogP contribution >= 0.6 is 0 Å². The number of rotatable bonds is 4. The quantitative estimate of drug-likeness (QED) is 0.713. The second kappa shape index (κ2) is 5.93. The highest BCUT2D eigenvalue weighted by Crippen LogP contribution is 2.26. The van der Waals surface area contributed by atoms with Crippen molar-refractivity contribution >= 4 is 11.6 Å². The number of aliphatic hydroxyl groups is 1. The number of hydrogen-bond acceptors (Lipinski definition) is 4. The van der Waals surface area contributed by atoms with Crippen molar-refractivity contribution in [2.45, 2.75) is 25.4 Å². The van der Waals surface area contributed by atoms with E-state index in [2.05, 4.69) is 5.32 Å². The molecule has 0 saturated heterocycles. The van der Waals surface area contributed by atoms with Gasteiger partial charge in [-0.05, 0) is 37.3 Å². The third-order valence-corrected chi connectivity index (χ3v) is 3.60. The van der Waals surface area contributed by atoms with Crippen LogP contribution in [0.3, 0.4) is 0 Å². The zero-order chi connectivity index (χ0) is 13.8. The van der Waals surface area contributed by atoms with E-state index in [1.54, 1.807) is 18.2 Å². The minimum absolute atomic E-state index is 0.196. The lowest BCUT2D eigenvalue weighted by Gasteiger charge is -2.13. The monoisotopic (exact) mass is 264 g/mol. The first-order chi connectivity index (χ1) is 9.11. The van der Waals surface area contributed by atoms with Crippen molar-refractivity contribution in [3.05, 3.63) is 23.8 Å². The number of nitrogens with one attached hydrogen (secondary N) is 1. The van der Waals surface area contributed by atoms with Crippen LogP contribution in [-0.2, 0) is 0 Å². The lowest BCUT2D eigenvalue weighted by molar-refractivity contribution is 0.0945. The van der Waals surface area contributed by atoms with E-state index in [4.69, 9.17) is 10.5 Å². The summed E-state index contributed by atoms with van der Waals surface area (Å²) in [6, 6.07) is 5.14. The fourth-order valence-corrected chi connectivity index (χ4v) is 2.49. The molecule has 2 rings (SSSR count). The molecule has 2 unspecified atom stereocenters. The Kier molecular flexibility index (Phi) is 4.27. The minimum Gasteiger partial charge on any atom is -0.495 e. The van der Waals surface area contributed by atoms with E-state index >= 15 is 0 Å². The molecule has 1 aromatic rings. The molecule has 4 N–H and O–H groups in total. The van der Waals surface area contributed by atoms with Crippen LogP contribution in [0.5, 0.6) is 5.75 Å². The van der Waals surface area contributed by atoms with Gasteiger partial charge in [0.05, 0.1) is 24.5 Å². The SMILES string of the molecule is COc1cccc(C(=O)NCC2CCC(O)C2)c1N. The van der Waals surface area contributed by atoms with Gasteiger partial charge in [0.25, 0.3) is 5.91 Å². The Morgan fingerprint density at radius 1 is 1.53 bits per heavy atom. The van der Waals surface area contributed by atoms with E-state index in [1.807, 2.05) is 0 Å². The average molecular weight is 264 g/mol. The number of nitrogens with two attached hydrogens (primary N) is 1. The summed E-state index contributed by atoms with van der Waals surface area (Å²) in [5, 5.41) is 12.3. The summed E-state index contributed by atoms with van der Waals surface area (Å²) in [6.07, 6.45) is 2.31. The molecule has 104 valence electrons. The van der Waals surface area contributed by atoms with E-state index in [0.29, 0.717) is 29.5 Å². The van der Waals surface area contributed by atoms with Crippen molar-refractivity contribution in [1.82, 2.24) is 5.32 Å². The van der Waals surface area contributed by atoms with E-state index in [-0.39, 0.29) is 12.0 Å². The molecule has 0 heterocycles. The molecule has 1 aliphatic carbocycles. The number of benzene rings is 1. The van der Waals surface area contributed by atoms with Crippen LogP contribution in [0.25, 0.3) is 0 Å². The highest BCUT2D eigenvalue weighted by atomic mass is 16.5. The molecule has 1 amide bonds. The molecular weight excluding hydrogens is 244 g/mol. The number of hydrogen-bond donors (Lipinski definition) is 3. The summed E-state index contributed by atoms with van der Waals surface area (Å²) in [5.74, 6) is 0.660. The predicted octanol–water partition coefficient (Wildman–Crippen LogP) is 1.17. The van der Waals surface area contributed by atoms with Crippen LogP contribution in [0.4, 0.5) is 5.69 Å². The van der Waals surface area contributed by atoms with Gasteiger partial charge in [-0.3, -0.25) is 4.79 Å². The van der Waals surface area contributed by atoms with Crippen LogP contribution in [-0.4, -0.2) is 30.8 Å². The van der Waals surface area contributed by atoms with Gasteiger partial charge in [0.1, 0.15) is 5.75 Å². The largest absolute Gasteiger partial charge is 0.495 e. The summed E-state index contributed by atoms with van der Waals surface area (Å²) in [5.41, 5.74) is 6.66. The molecular formula is C14H20N2O3. The lowest BCUT2D eigenvalue weighted by Crippen LogP contribution is -2.29. The summed E-state index contributed by atoms with van der Waals surface area (Å²) in [7, 11) is 1.52. The van der Waals surface area contributed by atoms with Gasteiger partial charge in [-0.15, -0.1) is 0 Å². The van der Waals surface area contributed by atoms with Crippen LogP contribution in [0, 0.1) is 5.92 Å². The Balaban J connectivity index is 1.96. The third-order valence-electron chi connectivity index (χ3n) is 3.60. The smallest absolute Gasteiger partial charge is 0.253 e. The maximum atomic E-state index is 12.1. The summed E-state index contributed by atoms with van der Waals surface area (Å²) in [6.45, 7) is 0.576. The summed E-state index contributed by atoms with van der Waals surface area (Å²) >= 11 is 0. The minimum atomic E-state index is -0.219. The van der Waals surface area contributed by atoms with E-state index < -0.39 is 0 Å². The van der Waals surface area contributed by atoms with Crippen molar-refractivity contribution in [3.8, 4) is 5.75 Å². The topological polar surface area (TPSA) is 84.6 Å². The highest BCUT2D eigenvalue weighted by molar-refractivity contribution is 6.00. The van der Waals surface area contributed by atoms with Gasteiger partial charge >= 0.3 is 0 Å². The fraction of sp³-hybridized carbons (Fsp3) is 0.500. The Morgan fingerprint density at radius 3 is 2.95 bits per heavy atom. The Hall–Kier alpha value is -1.75. The van der Waals surface area contributed by atoms with Gasteiger partial charge in [0.15, 0.2) is 0 Å². The average Bonchev–Trinajstić information content (AvgIpc) is 2.82. The van der Waals surface area contributed by atoms with Gasteiger partial charge in [0.2, 0.25) is 0 Å². The molecule has 0 aromatic heterocycles. The Labute approximate surface area is 112 Å². The van der Waals surface area contributed by atoms with Crippen molar-refractivity contribution < 1.29 is 14.6 Å². The van der Waals surface area contributed by atoms with Crippen molar-refractivity contribution in [1.29, 1.82) is 0 Å². The van der Waals surface area contributed by atoms with Gasteiger partial charge < -0.3 is 20.9 Å². The van der Waals surface area contributed by atoms with Gasteiger partial charge in [-0.2, -0.15) is 0 Å².